The molecule has 0 spiro atoms. The van der Waals surface area contributed by atoms with E-state index >= 15 is 0 Å². The van der Waals surface area contributed by atoms with Crippen LogP contribution in [0.3, 0.4) is 0 Å². The van der Waals surface area contributed by atoms with Crippen molar-refractivity contribution in [1.29, 1.82) is 0 Å². The van der Waals surface area contributed by atoms with Crippen LogP contribution in [0.2, 0.25) is 0 Å². The Morgan fingerprint density at radius 2 is 0.985 bits per heavy atom. The number of nitrogens with one attached hydrogen (secondary N) is 6. The summed E-state index contributed by atoms with van der Waals surface area (Å²) < 4.78 is 0. The Bertz CT molecular complexity index is 2480. The molecule has 348 valence electrons. The Labute approximate surface area is 372 Å². The molecule has 2 saturated heterocycles. The molecule has 4 aromatic rings. The summed E-state index contributed by atoms with van der Waals surface area (Å²) in [6.45, 7) is 3.33. The molecule has 4 atom stereocenters. The first-order valence-electron chi connectivity index (χ1n) is 20.5. The number of carboxylic acids is 4. The largest absolute Gasteiger partial charge is 0.481 e. The minimum absolute atomic E-state index is 0.0394. The number of amides is 2. The topological polar surface area (TPSA) is 388 Å². The number of rotatable bonds is 14. The second-order valence-corrected chi connectivity index (χ2v) is 15.7. The second kappa shape index (κ2) is 19.0. The third-order valence-electron chi connectivity index (χ3n) is 11.3. The maximum atomic E-state index is 12.4. The van der Waals surface area contributed by atoms with Crippen molar-refractivity contribution >= 4 is 82.0 Å². The van der Waals surface area contributed by atoms with Crippen molar-refractivity contribution in [3.05, 3.63) is 80.4 Å². The minimum atomic E-state index is -1.30. The van der Waals surface area contributed by atoms with Crippen LogP contribution in [0.4, 0.5) is 46.3 Å². The number of nitrogens with zero attached hydrogens (tertiary/aromatic N) is 6. The average molecular weight is 915 g/mol. The molecule has 14 N–H and O–H groups in total. The summed E-state index contributed by atoms with van der Waals surface area (Å²) in [4.78, 5) is 115. The summed E-state index contributed by atoms with van der Waals surface area (Å²) >= 11 is 0. The quantitative estimate of drug-likeness (QED) is 0.0718. The third kappa shape index (κ3) is 10.1. The Balaban J connectivity index is 0.000000196. The molecule has 0 bridgehead atoms. The van der Waals surface area contributed by atoms with Gasteiger partial charge in [-0.05, 0) is 61.4 Å². The lowest BCUT2D eigenvalue weighted by atomic mass is 10.1. The highest BCUT2D eigenvalue weighted by Gasteiger charge is 2.39. The number of nitrogen functional groups attached to an aromatic ring is 2. The molecule has 4 aliphatic heterocycles. The lowest BCUT2D eigenvalue weighted by molar-refractivity contribution is -0.142. The number of fused-ring (bicyclic) bond motifs is 6. The van der Waals surface area contributed by atoms with Crippen LogP contribution in [0, 0.1) is 0 Å². The Kier molecular flexibility index (Phi) is 13.1. The van der Waals surface area contributed by atoms with Gasteiger partial charge in [0.25, 0.3) is 22.9 Å². The maximum absolute atomic E-state index is 12.4. The van der Waals surface area contributed by atoms with Crippen LogP contribution in [0.5, 0.6) is 0 Å². The molecule has 66 heavy (non-hydrogen) atoms. The van der Waals surface area contributed by atoms with Crippen LogP contribution in [0.1, 0.15) is 46.4 Å². The van der Waals surface area contributed by atoms with E-state index < -0.39 is 47.8 Å². The molecule has 6 heterocycles. The smallest absolute Gasteiger partial charge is 0.326 e. The molecule has 0 saturated carbocycles. The third-order valence-corrected chi connectivity index (χ3v) is 11.3. The van der Waals surface area contributed by atoms with Crippen LogP contribution < -0.4 is 63.5 Å². The number of nitrogens with two attached hydrogens (primary N) is 2. The molecular formula is C40H46N14O12. The number of anilines is 8. The number of carbonyl (C=O) groups is 6. The summed E-state index contributed by atoms with van der Waals surface area (Å²) in [6.07, 6.45) is -1.17. The number of hydrogen-bond acceptors (Lipinski definition) is 18. The normalized spacial score (nSPS) is 17.5. The highest BCUT2D eigenvalue weighted by Crippen LogP contribution is 2.34. The first kappa shape index (κ1) is 45.4. The monoisotopic (exact) mass is 914 g/mol. The lowest BCUT2D eigenvalue weighted by Crippen LogP contribution is -2.44. The molecule has 26 nitrogen and oxygen atoms in total. The Morgan fingerprint density at radius 1 is 0.621 bits per heavy atom. The van der Waals surface area contributed by atoms with Crippen molar-refractivity contribution < 1.29 is 49.2 Å². The first-order valence-corrected chi connectivity index (χ1v) is 20.5. The summed E-state index contributed by atoms with van der Waals surface area (Å²) in [5.41, 5.74) is 13.6. The SMILES string of the molecule is Nc1nc2c(c(=O)[nH]1)N1CN(c3ccc(C(=O)N[C@@H](CCC(=O)O)C(=O)O)cc3)CC1CN2.Nc1nc2c(c(=O)[nH]1)N1CN(c3ccc(C(=O)N[C@@H](CCC(=O)O)C(=O)O)cc3)CC1CN2. The van der Waals surface area contributed by atoms with Crippen molar-refractivity contribution in [3.8, 4) is 0 Å². The van der Waals surface area contributed by atoms with Crippen LogP contribution in [-0.2, 0) is 19.2 Å². The van der Waals surface area contributed by atoms with Gasteiger partial charge in [0.15, 0.2) is 11.6 Å². The van der Waals surface area contributed by atoms with Gasteiger partial charge in [-0.1, -0.05) is 0 Å². The number of H-pyrrole nitrogens is 2. The van der Waals surface area contributed by atoms with E-state index in [1.165, 1.54) is 0 Å². The van der Waals surface area contributed by atoms with Crippen LogP contribution in [-0.4, -0.2) is 140 Å². The van der Waals surface area contributed by atoms with E-state index in [1.54, 1.807) is 48.5 Å². The van der Waals surface area contributed by atoms with Gasteiger partial charge in [0.1, 0.15) is 23.5 Å². The van der Waals surface area contributed by atoms with Gasteiger partial charge < -0.3 is 72.8 Å². The molecule has 26 heteroatoms. The maximum Gasteiger partial charge on any atom is 0.326 e. The molecule has 2 fully saturated rings. The van der Waals surface area contributed by atoms with E-state index in [-0.39, 0.29) is 71.9 Å². The predicted octanol–water partition coefficient (Wildman–Crippen LogP) is -1.04. The van der Waals surface area contributed by atoms with Crippen molar-refractivity contribution in [2.45, 2.75) is 49.9 Å². The van der Waals surface area contributed by atoms with E-state index in [1.807, 2.05) is 19.6 Å². The standard InChI is InChI=1S/2C20H23N7O6/c2*21-20-24-16-15(18(31)25-20)27-9-26(8-12(27)7-22-16)11-3-1-10(2-4-11)17(30)23-13(19(32)33)5-6-14(28)29/h2*1-4,12-13H,5-9H2,(H,23,30)(H,28,29)(H,32,33)(H4,21,22,24,25,31)/t2*12?,13-/m00/s1. The van der Waals surface area contributed by atoms with Gasteiger partial charge in [-0.3, -0.25) is 38.7 Å². The summed E-state index contributed by atoms with van der Waals surface area (Å²) in [7, 11) is 0. The minimum Gasteiger partial charge on any atom is -0.481 e. The number of aromatic amines is 2. The zero-order chi connectivity index (χ0) is 47.4. The van der Waals surface area contributed by atoms with E-state index in [9.17, 15) is 48.6 Å². The Morgan fingerprint density at radius 3 is 1.32 bits per heavy atom. The fourth-order valence-corrected chi connectivity index (χ4v) is 8.01. The van der Waals surface area contributed by atoms with E-state index in [0.29, 0.717) is 62.5 Å². The van der Waals surface area contributed by atoms with Gasteiger partial charge in [0, 0.05) is 61.5 Å². The summed E-state index contributed by atoms with van der Waals surface area (Å²) in [6, 6.07) is 10.7. The van der Waals surface area contributed by atoms with Gasteiger partial charge in [0.2, 0.25) is 11.9 Å². The average Bonchev–Trinajstić information content (AvgIpc) is 3.91. The highest BCUT2D eigenvalue weighted by atomic mass is 16.4. The number of aliphatic carboxylic acids is 4. The molecule has 2 amide bonds. The summed E-state index contributed by atoms with van der Waals surface area (Å²) in [5, 5.41) is 46.9. The highest BCUT2D eigenvalue weighted by molar-refractivity contribution is 5.98. The number of hydrogen-bond donors (Lipinski definition) is 12. The molecule has 0 radical (unpaired) electrons. The second-order valence-electron chi connectivity index (χ2n) is 15.7. The molecule has 4 aliphatic rings. The Hall–Kier alpha value is -8.58. The van der Waals surface area contributed by atoms with Crippen LogP contribution in [0.25, 0.3) is 0 Å². The number of carbonyl (C=O) groups excluding carboxylic acids is 2. The van der Waals surface area contributed by atoms with Gasteiger partial charge in [0.05, 0.1) is 25.4 Å². The number of carboxylic acid groups (broad SMARTS) is 4. The zero-order valence-corrected chi connectivity index (χ0v) is 34.9. The molecule has 2 aromatic heterocycles. The molecule has 0 aliphatic carbocycles. The number of aromatic nitrogens is 4. The predicted molar refractivity (Wildman–Crippen MR) is 237 cm³/mol. The van der Waals surface area contributed by atoms with Crippen LogP contribution in [0.15, 0.2) is 58.1 Å². The zero-order valence-electron chi connectivity index (χ0n) is 34.9. The van der Waals surface area contributed by atoms with Crippen molar-refractivity contribution in [2.75, 3.05) is 81.2 Å². The lowest BCUT2D eigenvalue weighted by Gasteiger charge is -2.31. The van der Waals surface area contributed by atoms with E-state index in [0.717, 1.165) is 11.4 Å². The van der Waals surface area contributed by atoms with Gasteiger partial charge in [-0.2, -0.15) is 9.97 Å². The van der Waals surface area contributed by atoms with Crippen LogP contribution >= 0.6 is 0 Å². The molecule has 8 rings (SSSR count). The molecule has 2 aromatic carbocycles. The van der Waals surface area contributed by atoms with E-state index in [4.69, 9.17) is 21.7 Å². The fraction of sp³-hybridized carbons (Fsp3) is 0.350. The van der Waals surface area contributed by atoms with E-state index in [2.05, 4.69) is 41.2 Å². The van der Waals surface area contributed by atoms with Gasteiger partial charge in [-0.15, -0.1) is 0 Å². The summed E-state index contributed by atoms with van der Waals surface area (Å²) in [5.74, 6) is -5.11. The number of benzene rings is 2. The van der Waals surface area contributed by atoms with Crippen molar-refractivity contribution in [2.24, 2.45) is 0 Å². The fourth-order valence-electron chi connectivity index (χ4n) is 8.01. The van der Waals surface area contributed by atoms with Gasteiger partial charge in [-0.25, -0.2) is 9.59 Å². The first-order chi connectivity index (χ1) is 31.4. The van der Waals surface area contributed by atoms with Gasteiger partial charge >= 0.3 is 23.9 Å². The molecule has 2 unspecified atom stereocenters. The molecular weight excluding hydrogens is 869 g/mol. The van der Waals surface area contributed by atoms with Crippen molar-refractivity contribution in [1.82, 2.24) is 30.6 Å². The van der Waals surface area contributed by atoms with Crippen molar-refractivity contribution in [3.63, 3.8) is 0 Å².